The van der Waals surface area contributed by atoms with Crippen molar-refractivity contribution in [2.24, 2.45) is 0 Å². The summed E-state index contributed by atoms with van der Waals surface area (Å²) in [6, 6.07) is 62.7. The smallest absolute Gasteiger partial charge is 0.137 e. The first-order valence-electron chi connectivity index (χ1n) is 15.7. The second kappa shape index (κ2) is 10.8. The molecule has 2 heteroatoms. The number of rotatable bonds is 5. The summed E-state index contributed by atoms with van der Waals surface area (Å²) in [6.07, 6.45) is 0. The molecule has 0 saturated carbocycles. The first-order chi connectivity index (χ1) is 22.8. The Hall–Kier alpha value is -6.12. The van der Waals surface area contributed by atoms with Gasteiger partial charge in [-0.3, -0.25) is 0 Å². The molecule has 1 heterocycles. The summed E-state index contributed by atoms with van der Waals surface area (Å²) < 4.78 is 6.63. The van der Waals surface area contributed by atoms with Crippen molar-refractivity contribution in [1.82, 2.24) is 0 Å². The van der Waals surface area contributed by atoms with Gasteiger partial charge in [0.15, 0.2) is 0 Å². The molecule has 8 aromatic carbocycles. The van der Waals surface area contributed by atoms with Crippen molar-refractivity contribution in [2.45, 2.75) is 0 Å². The molecule has 0 saturated heterocycles. The molecule has 0 spiro atoms. The maximum atomic E-state index is 6.63. The SMILES string of the molecule is c1ccc(-c2ccc(N(c3ccc4ccccc4c3)c3c(-c4ccccc4)ccc4oc5ccc6ccccc6c5c34)cc2)cc1. The van der Waals surface area contributed by atoms with Crippen LogP contribution in [0.5, 0.6) is 0 Å². The van der Waals surface area contributed by atoms with Gasteiger partial charge in [-0.15, -0.1) is 0 Å². The van der Waals surface area contributed by atoms with Crippen molar-refractivity contribution < 1.29 is 4.42 Å². The largest absolute Gasteiger partial charge is 0.456 e. The van der Waals surface area contributed by atoms with E-state index in [1.807, 2.05) is 0 Å². The van der Waals surface area contributed by atoms with E-state index in [0.717, 1.165) is 50.1 Å². The van der Waals surface area contributed by atoms with Gasteiger partial charge in [-0.05, 0) is 80.7 Å². The van der Waals surface area contributed by atoms with Gasteiger partial charge < -0.3 is 9.32 Å². The van der Waals surface area contributed by atoms with E-state index >= 15 is 0 Å². The van der Waals surface area contributed by atoms with Gasteiger partial charge in [-0.2, -0.15) is 0 Å². The third-order valence-electron chi connectivity index (χ3n) is 9.03. The minimum absolute atomic E-state index is 0.868. The zero-order valence-corrected chi connectivity index (χ0v) is 25.1. The normalized spacial score (nSPS) is 11.5. The third kappa shape index (κ3) is 4.35. The highest BCUT2D eigenvalue weighted by atomic mass is 16.3. The average Bonchev–Trinajstić information content (AvgIpc) is 3.52. The second-order valence-corrected chi connectivity index (χ2v) is 11.7. The lowest BCUT2D eigenvalue weighted by Gasteiger charge is -2.29. The second-order valence-electron chi connectivity index (χ2n) is 11.7. The molecule has 0 atom stereocenters. The monoisotopic (exact) mass is 587 g/mol. The Bertz CT molecular complexity index is 2510. The van der Waals surface area contributed by atoms with Crippen LogP contribution in [-0.2, 0) is 0 Å². The van der Waals surface area contributed by atoms with E-state index in [9.17, 15) is 0 Å². The van der Waals surface area contributed by atoms with Crippen LogP contribution < -0.4 is 4.90 Å². The summed E-state index contributed by atoms with van der Waals surface area (Å²) in [5, 5.41) is 7.02. The highest BCUT2D eigenvalue weighted by molar-refractivity contribution is 6.25. The number of hydrogen-bond donors (Lipinski definition) is 0. The van der Waals surface area contributed by atoms with Crippen LogP contribution in [0.3, 0.4) is 0 Å². The van der Waals surface area contributed by atoms with Gasteiger partial charge in [0.1, 0.15) is 11.2 Å². The maximum Gasteiger partial charge on any atom is 0.137 e. The van der Waals surface area contributed by atoms with Crippen LogP contribution in [0.25, 0.3) is 65.7 Å². The number of anilines is 3. The molecule has 0 aliphatic heterocycles. The van der Waals surface area contributed by atoms with Gasteiger partial charge in [-0.1, -0.05) is 133 Å². The van der Waals surface area contributed by atoms with Crippen LogP contribution in [0, 0.1) is 0 Å². The zero-order chi connectivity index (χ0) is 30.5. The Morgan fingerprint density at radius 2 is 0.935 bits per heavy atom. The molecule has 0 aliphatic carbocycles. The molecule has 9 aromatic rings. The van der Waals surface area contributed by atoms with E-state index in [1.54, 1.807) is 0 Å². The number of nitrogens with zero attached hydrogens (tertiary/aromatic N) is 1. The maximum absolute atomic E-state index is 6.63. The topological polar surface area (TPSA) is 16.4 Å². The van der Waals surface area contributed by atoms with Crippen molar-refractivity contribution in [3.63, 3.8) is 0 Å². The summed E-state index contributed by atoms with van der Waals surface area (Å²) in [5.74, 6) is 0. The van der Waals surface area contributed by atoms with Crippen molar-refractivity contribution in [1.29, 1.82) is 0 Å². The van der Waals surface area contributed by atoms with E-state index in [-0.39, 0.29) is 0 Å². The number of benzene rings is 8. The Morgan fingerprint density at radius 3 is 1.72 bits per heavy atom. The molecule has 0 radical (unpaired) electrons. The van der Waals surface area contributed by atoms with Crippen molar-refractivity contribution in [2.75, 3.05) is 4.90 Å². The Balaban J connectivity index is 1.40. The molecule has 0 bridgehead atoms. The number of fused-ring (bicyclic) bond motifs is 6. The fraction of sp³-hybridized carbons (Fsp3) is 0. The zero-order valence-electron chi connectivity index (χ0n) is 25.1. The molecule has 216 valence electrons. The first kappa shape index (κ1) is 26.3. The van der Waals surface area contributed by atoms with Crippen LogP contribution in [0.2, 0.25) is 0 Å². The van der Waals surface area contributed by atoms with Crippen LogP contribution in [0.15, 0.2) is 180 Å². The quantitative estimate of drug-likeness (QED) is 0.199. The van der Waals surface area contributed by atoms with Gasteiger partial charge in [0.05, 0.1) is 11.1 Å². The first-order valence-corrected chi connectivity index (χ1v) is 15.7. The molecule has 0 N–H and O–H groups in total. The van der Waals surface area contributed by atoms with Gasteiger partial charge in [0.25, 0.3) is 0 Å². The van der Waals surface area contributed by atoms with E-state index < -0.39 is 0 Å². The van der Waals surface area contributed by atoms with Crippen LogP contribution in [-0.4, -0.2) is 0 Å². The highest BCUT2D eigenvalue weighted by Gasteiger charge is 2.25. The molecular formula is C44H29NO. The summed E-state index contributed by atoms with van der Waals surface area (Å²) in [4.78, 5) is 2.42. The van der Waals surface area contributed by atoms with E-state index in [1.165, 1.54) is 32.7 Å². The highest BCUT2D eigenvalue weighted by Crippen LogP contribution is 2.49. The predicted octanol–water partition coefficient (Wildman–Crippen LogP) is 12.7. The summed E-state index contributed by atoms with van der Waals surface area (Å²) in [7, 11) is 0. The Labute approximate surface area is 267 Å². The van der Waals surface area contributed by atoms with Crippen LogP contribution in [0.4, 0.5) is 17.1 Å². The number of hydrogen-bond acceptors (Lipinski definition) is 2. The van der Waals surface area contributed by atoms with Gasteiger partial charge in [0, 0.05) is 22.3 Å². The van der Waals surface area contributed by atoms with Crippen LogP contribution in [0.1, 0.15) is 0 Å². The molecule has 9 rings (SSSR count). The molecule has 0 amide bonds. The molecule has 0 unspecified atom stereocenters. The summed E-state index contributed by atoms with van der Waals surface area (Å²) >= 11 is 0. The predicted molar refractivity (Wildman–Crippen MR) is 194 cm³/mol. The third-order valence-corrected chi connectivity index (χ3v) is 9.03. The molecule has 0 aliphatic rings. The Morgan fingerprint density at radius 1 is 0.370 bits per heavy atom. The van der Waals surface area contributed by atoms with E-state index in [4.69, 9.17) is 4.42 Å². The van der Waals surface area contributed by atoms with Crippen LogP contribution >= 0.6 is 0 Å². The molecular weight excluding hydrogens is 558 g/mol. The lowest BCUT2D eigenvalue weighted by Crippen LogP contribution is -2.12. The van der Waals surface area contributed by atoms with E-state index in [0.29, 0.717) is 0 Å². The average molecular weight is 588 g/mol. The molecule has 1 aromatic heterocycles. The summed E-state index contributed by atoms with van der Waals surface area (Å²) in [6.45, 7) is 0. The standard InChI is InChI=1S/C44H29NO/c1-3-11-30(12-4-1)32-19-23-36(24-20-32)45(37-25-21-31-13-7-8-17-35(31)29-37)44-39(33-14-5-2-6-15-33)26-28-41-43(44)42-38-18-10-9-16-34(38)22-27-40(42)46-41/h1-29H. The lowest BCUT2D eigenvalue weighted by atomic mass is 9.95. The minimum Gasteiger partial charge on any atom is -0.456 e. The van der Waals surface area contributed by atoms with Gasteiger partial charge in [0.2, 0.25) is 0 Å². The number of furan rings is 1. The molecule has 2 nitrogen and oxygen atoms in total. The summed E-state index contributed by atoms with van der Waals surface area (Å²) in [5.41, 5.74) is 9.70. The fourth-order valence-electron chi connectivity index (χ4n) is 6.85. The molecule has 46 heavy (non-hydrogen) atoms. The van der Waals surface area contributed by atoms with Gasteiger partial charge >= 0.3 is 0 Å². The Kier molecular flexibility index (Phi) is 6.17. The van der Waals surface area contributed by atoms with E-state index in [2.05, 4.69) is 181 Å². The van der Waals surface area contributed by atoms with Crippen molar-refractivity contribution >= 4 is 60.5 Å². The lowest BCUT2D eigenvalue weighted by molar-refractivity contribution is 0.669. The fourth-order valence-corrected chi connectivity index (χ4v) is 6.85. The van der Waals surface area contributed by atoms with Gasteiger partial charge in [-0.25, -0.2) is 0 Å². The molecule has 0 fully saturated rings. The van der Waals surface area contributed by atoms with Crippen molar-refractivity contribution in [3.8, 4) is 22.3 Å². The minimum atomic E-state index is 0.868. The van der Waals surface area contributed by atoms with Crippen molar-refractivity contribution in [3.05, 3.63) is 176 Å².